The monoisotopic (exact) mass is 381 g/mol. The lowest BCUT2D eigenvalue weighted by Crippen LogP contribution is -2.50. The number of hydrogen-bond acceptors (Lipinski definition) is 4. The second kappa shape index (κ2) is 9.48. The van der Waals surface area contributed by atoms with Crippen molar-refractivity contribution in [2.24, 2.45) is 5.73 Å². The van der Waals surface area contributed by atoms with Gasteiger partial charge in [0.2, 0.25) is 15.9 Å². The van der Waals surface area contributed by atoms with Crippen molar-refractivity contribution >= 4 is 15.9 Å². The summed E-state index contributed by atoms with van der Waals surface area (Å²) in [5.41, 5.74) is 7.15. The van der Waals surface area contributed by atoms with Crippen LogP contribution in [0.15, 0.2) is 23.1 Å². The van der Waals surface area contributed by atoms with Gasteiger partial charge in [0, 0.05) is 32.6 Å². The molecule has 6 nitrogen and oxygen atoms in total. The van der Waals surface area contributed by atoms with E-state index in [9.17, 15) is 13.2 Å². The maximum absolute atomic E-state index is 12.9. The molecule has 1 amide bonds. The zero-order valence-corrected chi connectivity index (χ0v) is 16.7. The van der Waals surface area contributed by atoms with Crippen molar-refractivity contribution in [3.63, 3.8) is 0 Å². The first kappa shape index (κ1) is 20.9. The van der Waals surface area contributed by atoms with Gasteiger partial charge in [-0.15, -0.1) is 0 Å². The number of nitrogens with zero attached hydrogens (tertiary/aromatic N) is 2. The predicted octanol–water partition coefficient (Wildman–Crippen LogP) is 2.05. The SMILES string of the molecule is Cc1ccc(C)c(S(=O)(=O)N2CCN(C(=O)CCCCCCN)CC2)c1. The summed E-state index contributed by atoms with van der Waals surface area (Å²) in [5, 5.41) is 0. The molecule has 1 aromatic carbocycles. The van der Waals surface area contributed by atoms with Gasteiger partial charge in [-0.3, -0.25) is 4.79 Å². The van der Waals surface area contributed by atoms with E-state index in [1.54, 1.807) is 11.0 Å². The van der Waals surface area contributed by atoms with Crippen LogP contribution in [0.5, 0.6) is 0 Å². The van der Waals surface area contributed by atoms with Gasteiger partial charge < -0.3 is 10.6 Å². The molecular formula is C19H31N3O3S. The Morgan fingerprint density at radius 1 is 1.04 bits per heavy atom. The summed E-state index contributed by atoms with van der Waals surface area (Å²) in [4.78, 5) is 14.5. The molecular weight excluding hydrogens is 350 g/mol. The first-order chi connectivity index (χ1) is 12.4. The van der Waals surface area contributed by atoms with Crippen LogP contribution in [0.25, 0.3) is 0 Å². The van der Waals surface area contributed by atoms with E-state index in [4.69, 9.17) is 5.73 Å². The first-order valence-corrected chi connectivity index (χ1v) is 10.9. The molecule has 2 rings (SSSR count). The van der Waals surface area contributed by atoms with Crippen LogP contribution >= 0.6 is 0 Å². The second-order valence-corrected chi connectivity index (χ2v) is 8.91. The van der Waals surface area contributed by atoms with Gasteiger partial charge in [-0.2, -0.15) is 4.31 Å². The maximum Gasteiger partial charge on any atom is 0.243 e. The van der Waals surface area contributed by atoms with E-state index < -0.39 is 10.0 Å². The van der Waals surface area contributed by atoms with Crippen LogP contribution in [0, 0.1) is 13.8 Å². The lowest BCUT2D eigenvalue weighted by atomic mass is 10.1. The molecule has 7 heteroatoms. The highest BCUT2D eigenvalue weighted by Crippen LogP contribution is 2.22. The molecule has 0 saturated carbocycles. The Morgan fingerprint density at radius 3 is 2.35 bits per heavy atom. The third-order valence-electron chi connectivity index (χ3n) is 4.90. The summed E-state index contributed by atoms with van der Waals surface area (Å²) in [6, 6.07) is 5.48. The number of aryl methyl sites for hydroxylation is 2. The minimum Gasteiger partial charge on any atom is -0.340 e. The van der Waals surface area contributed by atoms with Gasteiger partial charge in [-0.25, -0.2) is 8.42 Å². The number of rotatable bonds is 8. The first-order valence-electron chi connectivity index (χ1n) is 9.41. The number of carbonyl (C=O) groups excluding carboxylic acids is 1. The highest BCUT2D eigenvalue weighted by molar-refractivity contribution is 7.89. The van der Waals surface area contributed by atoms with E-state index in [0.717, 1.165) is 36.8 Å². The molecule has 146 valence electrons. The third kappa shape index (κ3) is 5.28. The topological polar surface area (TPSA) is 83.7 Å². The average Bonchev–Trinajstić information content (AvgIpc) is 2.63. The molecule has 0 aliphatic carbocycles. The second-order valence-electron chi connectivity index (χ2n) is 7.01. The standard InChI is InChI=1S/C19H31N3O3S/c1-16-8-9-17(2)18(15-16)26(24,25)22-13-11-21(12-14-22)19(23)7-5-3-4-6-10-20/h8-9,15H,3-7,10-14,20H2,1-2H3. The van der Waals surface area contributed by atoms with Crippen LogP contribution < -0.4 is 5.73 Å². The van der Waals surface area contributed by atoms with Gasteiger partial charge in [0.15, 0.2) is 0 Å². The molecule has 0 radical (unpaired) electrons. The van der Waals surface area contributed by atoms with Crippen molar-refractivity contribution in [1.82, 2.24) is 9.21 Å². The number of piperazine rings is 1. The van der Waals surface area contributed by atoms with Crippen molar-refractivity contribution in [3.05, 3.63) is 29.3 Å². The van der Waals surface area contributed by atoms with Gasteiger partial charge in [0.1, 0.15) is 0 Å². The van der Waals surface area contributed by atoms with Crippen molar-refractivity contribution in [2.75, 3.05) is 32.7 Å². The fourth-order valence-electron chi connectivity index (χ4n) is 3.23. The molecule has 1 aliphatic heterocycles. The number of benzene rings is 1. The highest BCUT2D eigenvalue weighted by Gasteiger charge is 2.30. The van der Waals surface area contributed by atoms with E-state index in [0.29, 0.717) is 44.0 Å². The third-order valence-corrected chi connectivity index (χ3v) is 6.94. The fourth-order valence-corrected chi connectivity index (χ4v) is 4.97. The zero-order valence-electron chi connectivity index (χ0n) is 15.9. The van der Waals surface area contributed by atoms with E-state index in [2.05, 4.69) is 0 Å². The Balaban J connectivity index is 1.89. The summed E-state index contributed by atoms with van der Waals surface area (Å²) >= 11 is 0. The van der Waals surface area contributed by atoms with Crippen LogP contribution in [0.3, 0.4) is 0 Å². The Hall–Kier alpha value is -1.44. The normalized spacial score (nSPS) is 16.0. The summed E-state index contributed by atoms with van der Waals surface area (Å²) in [5.74, 6) is 0.126. The molecule has 0 spiro atoms. The van der Waals surface area contributed by atoms with Gasteiger partial charge >= 0.3 is 0 Å². The molecule has 1 aromatic rings. The number of amides is 1. The van der Waals surface area contributed by atoms with Crippen LogP contribution in [0.4, 0.5) is 0 Å². The molecule has 1 saturated heterocycles. The van der Waals surface area contributed by atoms with Gasteiger partial charge in [-0.1, -0.05) is 25.0 Å². The van der Waals surface area contributed by atoms with Crippen molar-refractivity contribution in [2.45, 2.75) is 50.8 Å². The molecule has 1 heterocycles. The quantitative estimate of drug-likeness (QED) is 0.699. The molecule has 0 atom stereocenters. The summed E-state index contributed by atoms with van der Waals surface area (Å²) < 4.78 is 27.3. The summed E-state index contributed by atoms with van der Waals surface area (Å²) in [7, 11) is -3.51. The van der Waals surface area contributed by atoms with Crippen molar-refractivity contribution in [3.8, 4) is 0 Å². The molecule has 0 aromatic heterocycles. The predicted molar refractivity (Wildman–Crippen MR) is 103 cm³/mol. The number of nitrogens with two attached hydrogens (primary N) is 1. The van der Waals surface area contributed by atoms with Gasteiger partial charge in [0.25, 0.3) is 0 Å². The number of unbranched alkanes of at least 4 members (excludes halogenated alkanes) is 3. The van der Waals surface area contributed by atoms with Crippen molar-refractivity contribution < 1.29 is 13.2 Å². The largest absolute Gasteiger partial charge is 0.340 e. The van der Waals surface area contributed by atoms with E-state index in [1.165, 1.54) is 4.31 Å². The minimum absolute atomic E-state index is 0.126. The molecule has 1 aliphatic rings. The van der Waals surface area contributed by atoms with E-state index >= 15 is 0 Å². The van der Waals surface area contributed by atoms with Crippen molar-refractivity contribution in [1.29, 1.82) is 0 Å². The highest BCUT2D eigenvalue weighted by atomic mass is 32.2. The van der Waals surface area contributed by atoms with Gasteiger partial charge in [0.05, 0.1) is 4.90 Å². The number of carbonyl (C=O) groups is 1. The summed E-state index contributed by atoms with van der Waals surface area (Å²) in [6.07, 6.45) is 4.49. The fraction of sp³-hybridized carbons (Fsp3) is 0.632. The smallest absolute Gasteiger partial charge is 0.243 e. The molecule has 2 N–H and O–H groups in total. The van der Waals surface area contributed by atoms with Crippen LogP contribution in [-0.2, 0) is 14.8 Å². The Bertz CT molecular complexity index is 711. The average molecular weight is 382 g/mol. The van der Waals surface area contributed by atoms with Crippen LogP contribution in [0.1, 0.15) is 43.2 Å². The van der Waals surface area contributed by atoms with Crippen LogP contribution in [-0.4, -0.2) is 56.3 Å². The van der Waals surface area contributed by atoms with Crippen LogP contribution in [0.2, 0.25) is 0 Å². The van der Waals surface area contributed by atoms with E-state index in [1.807, 2.05) is 26.0 Å². The molecule has 0 unspecified atom stereocenters. The Labute approximate surface area is 157 Å². The molecule has 0 bridgehead atoms. The Morgan fingerprint density at radius 2 is 1.69 bits per heavy atom. The molecule has 1 fully saturated rings. The lowest BCUT2D eigenvalue weighted by molar-refractivity contribution is -0.132. The van der Waals surface area contributed by atoms with Gasteiger partial charge in [-0.05, 0) is 50.4 Å². The Kier molecular flexibility index (Phi) is 7.61. The maximum atomic E-state index is 12.9. The summed E-state index contributed by atoms with van der Waals surface area (Å²) in [6.45, 7) is 6.05. The molecule has 26 heavy (non-hydrogen) atoms. The number of sulfonamides is 1. The van der Waals surface area contributed by atoms with E-state index in [-0.39, 0.29) is 5.91 Å². The zero-order chi connectivity index (χ0) is 19.2. The number of hydrogen-bond donors (Lipinski definition) is 1. The lowest BCUT2D eigenvalue weighted by Gasteiger charge is -2.34. The minimum atomic E-state index is -3.51.